The summed E-state index contributed by atoms with van der Waals surface area (Å²) in [5.41, 5.74) is 30.6. The number of nitrogens with zero attached hydrogens (tertiary/aromatic N) is 1. The van der Waals surface area contributed by atoms with Crippen molar-refractivity contribution in [2.75, 3.05) is 4.90 Å². The van der Waals surface area contributed by atoms with Gasteiger partial charge in [-0.25, -0.2) is 0 Å². The molecule has 15 aromatic rings. The summed E-state index contributed by atoms with van der Waals surface area (Å²) in [6, 6.07) is 106. The van der Waals surface area contributed by atoms with Gasteiger partial charge in [0.1, 0.15) is 22.3 Å². The summed E-state index contributed by atoms with van der Waals surface area (Å²) in [5.74, 6) is 0. The molecule has 384 valence electrons. The molecule has 0 saturated carbocycles. The van der Waals surface area contributed by atoms with E-state index in [0.29, 0.717) is 0 Å². The van der Waals surface area contributed by atoms with Gasteiger partial charge in [-0.1, -0.05) is 224 Å². The van der Waals surface area contributed by atoms with Crippen molar-refractivity contribution in [3.63, 3.8) is 0 Å². The number of fused-ring (bicyclic) bond motifs is 26. The van der Waals surface area contributed by atoms with Crippen LogP contribution in [-0.2, 0) is 10.8 Å². The normalized spacial score (nSPS) is 14.0. The van der Waals surface area contributed by atoms with Crippen molar-refractivity contribution < 1.29 is 8.83 Å². The average molecular weight is 1050 g/mol. The molecule has 0 saturated heterocycles. The first kappa shape index (κ1) is 45.0. The molecule has 83 heavy (non-hydrogen) atoms. The summed E-state index contributed by atoms with van der Waals surface area (Å²) in [7, 11) is 0. The van der Waals surface area contributed by atoms with Gasteiger partial charge in [0, 0.05) is 44.2 Å². The van der Waals surface area contributed by atoms with E-state index in [1.165, 1.54) is 94.6 Å². The number of anilines is 3. The minimum atomic E-state index is -0.503. The molecule has 4 aliphatic rings. The SMILES string of the molecule is c1ccc(-c2ccc(N(c3ccc4c(c3)C3(c5ccccc5-c5ccccc53)c3ccccc3-4)c3ccc4oc5c(-c6ccc7c(c6)C6(c8ccccc8-c8ccccc86)c6ccccc6-7)c6c(cc5c4c3)oc3ccccc36)cc2)cc1. The van der Waals surface area contributed by atoms with Crippen LogP contribution in [0, 0.1) is 0 Å². The Morgan fingerprint density at radius 3 is 1.22 bits per heavy atom. The van der Waals surface area contributed by atoms with Gasteiger partial charge in [0.25, 0.3) is 0 Å². The lowest BCUT2D eigenvalue weighted by atomic mass is 9.70. The zero-order valence-corrected chi connectivity index (χ0v) is 44.9. The van der Waals surface area contributed by atoms with Crippen LogP contribution in [0.1, 0.15) is 44.5 Å². The Bertz CT molecular complexity index is 5160. The molecule has 4 aliphatic carbocycles. The highest BCUT2D eigenvalue weighted by molar-refractivity contribution is 6.24. The molecule has 0 N–H and O–H groups in total. The maximum absolute atomic E-state index is 7.35. The lowest BCUT2D eigenvalue weighted by Gasteiger charge is -2.32. The van der Waals surface area contributed by atoms with Gasteiger partial charge >= 0.3 is 0 Å². The minimum Gasteiger partial charge on any atom is -0.456 e. The van der Waals surface area contributed by atoms with Gasteiger partial charge in [0.15, 0.2) is 0 Å². The third-order valence-electron chi connectivity index (χ3n) is 19.1. The molecule has 3 heteroatoms. The van der Waals surface area contributed by atoms with Crippen LogP contribution in [-0.4, -0.2) is 0 Å². The molecule has 2 spiro atoms. The quantitative estimate of drug-likeness (QED) is 0.172. The third-order valence-corrected chi connectivity index (χ3v) is 19.1. The van der Waals surface area contributed by atoms with Crippen molar-refractivity contribution in [1.82, 2.24) is 0 Å². The Kier molecular flexibility index (Phi) is 8.92. The van der Waals surface area contributed by atoms with Gasteiger partial charge < -0.3 is 13.7 Å². The predicted molar refractivity (Wildman–Crippen MR) is 339 cm³/mol. The van der Waals surface area contributed by atoms with Crippen LogP contribution in [0.25, 0.3) is 111 Å². The zero-order valence-electron chi connectivity index (χ0n) is 44.9. The Morgan fingerprint density at radius 2 is 0.651 bits per heavy atom. The molecular formula is C80H47NO2. The largest absolute Gasteiger partial charge is 0.456 e. The van der Waals surface area contributed by atoms with Gasteiger partial charge in [-0.05, 0) is 166 Å². The number of hydrogen-bond acceptors (Lipinski definition) is 3. The van der Waals surface area contributed by atoms with Gasteiger partial charge in [-0.3, -0.25) is 0 Å². The van der Waals surface area contributed by atoms with Crippen molar-refractivity contribution >= 4 is 60.9 Å². The highest BCUT2D eigenvalue weighted by Gasteiger charge is 2.53. The summed E-state index contributed by atoms with van der Waals surface area (Å²) < 4.78 is 14.3. The van der Waals surface area contributed by atoms with Crippen LogP contribution in [0.3, 0.4) is 0 Å². The Balaban J connectivity index is 0.847. The lowest BCUT2D eigenvalue weighted by molar-refractivity contribution is 0.664. The molecule has 0 aliphatic heterocycles. The van der Waals surface area contributed by atoms with E-state index >= 15 is 0 Å². The van der Waals surface area contributed by atoms with E-state index in [9.17, 15) is 0 Å². The number of benzene rings is 13. The van der Waals surface area contributed by atoms with E-state index in [0.717, 1.165) is 77.6 Å². The molecule has 0 radical (unpaired) electrons. The van der Waals surface area contributed by atoms with E-state index < -0.39 is 10.8 Å². The van der Waals surface area contributed by atoms with Crippen molar-refractivity contribution in [1.29, 1.82) is 0 Å². The predicted octanol–water partition coefficient (Wildman–Crippen LogP) is 21.0. The fourth-order valence-corrected chi connectivity index (χ4v) is 15.9. The first-order valence-corrected chi connectivity index (χ1v) is 28.8. The number of rotatable bonds is 5. The molecule has 3 nitrogen and oxygen atoms in total. The molecule has 0 unspecified atom stereocenters. The highest BCUT2D eigenvalue weighted by atomic mass is 16.3. The van der Waals surface area contributed by atoms with Gasteiger partial charge in [-0.2, -0.15) is 0 Å². The number of furan rings is 2. The summed E-state index contributed by atoms with van der Waals surface area (Å²) in [6.45, 7) is 0. The summed E-state index contributed by atoms with van der Waals surface area (Å²) in [5, 5.41) is 4.12. The van der Waals surface area contributed by atoms with Crippen LogP contribution in [0.15, 0.2) is 294 Å². The van der Waals surface area contributed by atoms with Crippen LogP contribution in [0.4, 0.5) is 17.1 Å². The standard InChI is InChI=1S/C80H47NO2/c1-2-18-48(19-3-1)49-34-37-51(38-35-49)81(53-39-42-61-59-25-9-16-32-70(59)80(72(61)46-53)67-29-13-6-22-56(67)57-23-7-14-30-68(57)80)52-40-43-74-63(45-52)64-47-75-77(62-26-10-17-33-73(62)82-75)76(78(64)83-74)50-36-41-60-58-24-8-15-31-69(58)79(71(60)44-50)65-27-11-4-20-54(65)55-21-5-12-28-66(55)79/h1-47H. The molecule has 0 atom stereocenters. The van der Waals surface area contributed by atoms with E-state index in [4.69, 9.17) is 8.83 Å². The van der Waals surface area contributed by atoms with E-state index in [1.54, 1.807) is 0 Å². The van der Waals surface area contributed by atoms with Crippen molar-refractivity contribution in [2.45, 2.75) is 10.8 Å². The van der Waals surface area contributed by atoms with Crippen LogP contribution in [0.5, 0.6) is 0 Å². The minimum absolute atomic E-state index is 0.498. The second kappa shape index (κ2) is 16.4. The second-order valence-corrected chi connectivity index (χ2v) is 22.9. The van der Waals surface area contributed by atoms with Crippen molar-refractivity contribution in [2.24, 2.45) is 0 Å². The molecule has 13 aromatic carbocycles. The zero-order chi connectivity index (χ0) is 54.1. The number of hydrogen-bond donors (Lipinski definition) is 0. The van der Waals surface area contributed by atoms with E-state index in [-0.39, 0.29) is 0 Å². The van der Waals surface area contributed by atoms with Crippen molar-refractivity contribution in [3.8, 4) is 66.8 Å². The Morgan fingerprint density at radius 1 is 0.241 bits per heavy atom. The van der Waals surface area contributed by atoms with Crippen LogP contribution < -0.4 is 4.90 Å². The maximum Gasteiger partial charge on any atom is 0.144 e. The van der Waals surface area contributed by atoms with Crippen molar-refractivity contribution in [3.05, 3.63) is 330 Å². The topological polar surface area (TPSA) is 29.5 Å². The molecular weight excluding hydrogens is 1010 g/mol. The summed E-state index contributed by atoms with van der Waals surface area (Å²) in [6.07, 6.45) is 0. The Hall–Kier alpha value is -10.7. The molecule has 0 bridgehead atoms. The third kappa shape index (κ3) is 5.78. The smallest absolute Gasteiger partial charge is 0.144 e. The molecule has 0 amide bonds. The van der Waals surface area contributed by atoms with Crippen LogP contribution in [0.2, 0.25) is 0 Å². The first-order valence-electron chi connectivity index (χ1n) is 28.8. The fourth-order valence-electron chi connectivity index (χ4n) is 15.9. The summed E-state index contributed by atoms with van der Waals surface area (Å²) in [4.78, 5) is 2.44. The average Bonchev–Trinajstić information content (AvgIpc) is 2.14. The molecule has 0 fully saturated rings. The van der Waals surface area contributed by atoms with Gasteiger partial charge in [0.2, 0.25) is 0 Å². The Labute approximate surface area is 479 Å². The van der Waals surface area contributed by atoms with E-state index in [2.05, 4.69) is 290 Å². The molecule has 2 aromatic heterocycles. The molecule has 19 rings (SSSR count). The van der Waals surface area contributed by atoms with Gasteiger partial charge in [-0.15, -0.1) is 0 Å². The number of para-hydroxylation sites is 1. The highest BCUT2D eigenvalue weighted by Crippen LogP contribution is 2.65. The molecule has 2 heterocycles. The fraction of sp³-hybridized carbons (Fsp3) is 0.0250. The lowest BCUT2D eigenvalue weighted by Crippen LogP contribution is -2.26. The summed E-state index contributed by atoms with van der Waals surface area (Å²) >= 11 is 0. The van der Waals surface area contributed by atoms with Gasteiger partial charge in [0.05, 0.1) is 10.8 Å². The second-order valence-electron chi connectivity index (χ2n) is 22.9. The van der Waals surface area contributed by atoms with Crippen LogP contribution >= 0.6 is 0 Å². The first-order chi connectivity index (χ1) is 41.2. The maximum atomic E-state index is 7.35. The van der Waals surface area contributed by atoms with E-state index in [1.807, 2.05) is 0 Å². The monoisotopic (exact) mass is 1050 g/mol.